The van der Waals surface area contributed by atoms with Gasteiger partial charge in [-0.1, -0.05) is 23.8 Å². The molecular weight excluding hydrogens is 298 g/mol. The number of Topliss-reactive ketones (excluding diaryl/α,β-unsaturated/α-hetero) is 1. The van der Waals surface area contributed by atoms with Crippen LogP contribution in [0.2, 0.25) is 0 Å². The maximum Gasteiger partial charge on any atom is 0.172 e. The number of methoxy groups -OCH3 is 1. The molecule has 0 radical (unpaired) electrons. The summed E-state index contributed by atoms with van der Waals surface area (Å²) >= 11 is 0. The maximum atomic E-state index is 12.6. The summed E-state index contributed by atoms with van der Waals surface area (Å²) in [4.78, 5) is 16.8. The number of rotatable bonds is 8. The van der Waals surface area contributed by atoms with Crippen molar-refractivity contribution in [1.29, 1.82) is 0 Å². The molecule has 0 saturated heterocycles. The molecule has 0 atom stereocenters. The second-order valence-corrected chi connectivity index (χ2v) is 5.05. The molecule has 1 aromatic heterocycles. The number of pyridine rings is 1. The molecule has 0 aliphatic rings. The van der Waals surface area contributed by atoms with Crippen LogP contribution in [0, 0.1) is 0 Å². The summed E-state index contributed by atoms with van der Waals surface area (Å²) < 4.78 is 5.39. The summed E-state index contributed by atoms with van der Waals surface area (Å²) in [5, 5.41) is 0. The van der Waals surface area contributed by atoms with Crippen molar-refractivity contribution < 1.29 is 9.53 Å². The van der Waals surface area contributed by atoms with E-state index >= 15 is 0 Å². The molecule has 1 heterocycles. The monoisotopic (exact) mass is 325 g/mol. The largest absolute Gasteiger partial charge is 0.496 e. The van der Waals surface area contributed by atoms with Crippen LogP contribution in [0.5, 0.6) is 0 Å². The van der Waals surface area contributed by atoms with Crippen LogP contribution in [-0.4, -0.2) is 17.9 Å². The van der Waals surface area contributed by atoms with E-state index in [0.717, 1.165) is 17.7 Å². The molecule has 128 valence electrons. The van der Waals surface area contributed by atoms with Crippen LogP contribution < -0.4 is 0 Å². The van der Waals surface area contributed by atoms with Gasteiger partial charge < -0.3 is 4.74 Å². The summed E-state index contributed by atoms with van der Waals surface area (Å²) in [6.07, 6.45) is 10.0. The maximum absolute atomic E-state index is 12.6. The van der Waals surface area contributed by atoms with Crippen LogP contribution in [0.25, 0.3) is 0 Å². The number of nitrogens with zero attached hydrogens (tertiary/aromatic N) is 1. The van der Waals surface area contributed by atoms with Gasteiger partial charge in [0.1, 0.15) is 5.76 Å². The highest BCUT2D eigenvalue weighted by molar-refractivity contribution is 6.00. The van der Waals surface area contributed by atoms with Crippen LogP contribution >= 0.6 is 0 Å². The quantitative estimate of drug-likeness (QED) is 0.292. The van der Waals surface area contributed by atoms with Crippen LogP contribution in [0.1, 0.15) is 26.0 Å². The lowest BCUT2D eigenvalue weighted by Gasteiger charge is -2.08. The van der Waals surface area contributed by atoms with E-state index < -0.39 is 0 Å². The van der Waals surface area contributed by atoms with Gasteiger partial charge in [-0.2, -0.15) is 0 Å². The van der Waals surface area contributed by atoms with Gasteiger partial charge in [-0.05, 0) is 44.6 Å². The van der Waals surface area contributed by atoms with Crippen molar-refractivity contribution in [3.8, 4) is 0 Å². The van der Waals surface area contributed by atoms with Crippen molar-refractivity contribution in [2.75, 3.05) is 7.11 Å². The van der Waals surface area contributed by atoms with Crippen LogP contribution in [0.4, 0.5) is 0 Å². The van der Waals surface area contributed by atoms with Gasteiger partial charge in [-0.25, -0.2) is 0 Å². The second kappa shape index (κ2) is 12.8. The third-order valence-electron chi connectivity index (χ3n) is 2.86. The molecule has 0 aromatic carbocycles. The minimum absolute atomic E-state index is 0.0139. The lowest BCUT2D eigenvalue weighted by molar-refractivity contribution is -0.114. The Bertz CT molecular complexity index is 606. The zero-order valence-corrected chi connectivity index (χ0v) is 14.9. The molecule has 0 N–H and O–H groups in total. The number of aromatic nitrogens is 1. The summed E-state index contributed by atoms with van der Waals surface area (Å²) in [6, 6.07) is 5.55. The lowest BCUT2D eigenvalue weighted by Crippen LogP contribution is -2.09. The van der Waals surface area contributed by atoms with Crippen molar-refractivity contribution in [3.05, 3.63) is 91.0 Å². The minimum Gasteiger partial charge on any atom is -0.496 e. The van der Waals surface area contributed by atoms with Crippen LogP contribution in [-0.2, 0) is 16.0 Å². The molecule has 1 aromatic rings. The van der Waals surface area contributed by atoms with Gasteiger partial charge in [-0.3, -0.25) is 9.78 Å². The van der Waals surface area contributed by atoms with Crippen LogP contribution in [0.15, 0.2) is 85.3 Å². The van der Waals surface area contributed by atoms with Crippen molar-refractivity contribution in [3.63, 3.8) is 0 Å². The molecule has 24 heavy (non-hydrogen) atoms. The third-order valence-corrected chi connectivity index (χ3v) is 2.86. The molecule has 0 bridgehead atoms. The summed E-state index contributed by atoms with van der Waals surface area (Å²) in [5.74, 6) is 0.545. The minimum atomic E-state index is -0.0139. The topological polar surface area (TPSA) is 39.2 Å². The fourth-order valence-corrected chi connectivity index (χ4v) is 1.88. The number of ketones is 1. The van der Waals surface area contributed by atoms with Gasteiger partial charge in [0.25, 0.3) is 0 Å². The lowest BCUT2D eigenvalue weighted by atomic mass is 10.0. The molecule has 0 aliphatic carbocycles. The summed E-state index contributed by atoms with van der Waals surface area (Å²) in [6.45, 7) is 13.6. The number of hydrogen-bond acceptors (Lipinski definition) is 3. The molecule has 3 nitrogen and oxygen atoms in total. The molecule has 0 spiro atoms. The average Bonchev–Trinajstić information content (AvgIpc) is 2.59. The molecule has 0 aliphatic heterocycles. The van der Waals surface area contributed by atoms with Crippen molar-refractivity contribution >= 4 is 5.78 Å². The fraction of sp³-hybridized carbons (Fsp3) is 0.238. The van der Waals surface area contributed by atoms with E-state index in [9.17, 15) is 4.79 Å². The first-order valence-electron chi connectivity index (χ1n) is 7.72. The zero-order valence-electron chi connectivity index (χ0n) is 14.9. The van der Waals surface area contributed by atoms with Gasteiger partial charge in [0, 0.05) is 11.9 Å². The van der Waals surface area contributed by atoms with Gasteiger partial charge in [0.15, 0.2) is 5.78 Å². The van der Waals surface area contributed by atoms with Crippen molar-refractivity contribution in [2.45, 2.75) is 26.7 Å². The number of carbonyl (C=O) groups is 1. The number of allylic oxidation sites excluding steroid dienone is 6. The number of hydrogen-bond donors (Lipinski definition) is 0. The van der Waals surface area contributed by atoms with Gasteiger partial charge in [-0.15, -0.1) is 19.7 Å². The Balaban J connectivity index is 0.00000254. The van der Waals surface area contributed by atoms with Crippen LogP contribution in [0.3, 0.4) is 0 Å². The highest BCUT2D eigenvalue weighted by Crippen LogP contribution is 2.15. The van der Waals surface area contributed by atoms with E-state index in [2.05, 4.69) is 24.7 Å². The first-order valence-corrected chi connectivity index (χ1v) is 7.72. The molecule has 0 saturated carbocycles. The first kappa shape index (κ1) is 21.3. The predicted octanol–water partition coefficient (Wildman–Crippen LogP) is 4.99. The molecule has 1 rings (SSSR count). The Morgan fingerprint density at radius 2 is 2.00 bits per heavy atom. The van der Waals surface area contributed by atoms with E-state index in [4.69, 9.17) is 4.74 Å². The second-order valence-electron chi connectivity index (χ2n) is 5.05. The smallest absolute Gasteiger partial charge is 0.172 e. The third kappa shape index (κ3) is 8.08. The van der Waals surface area contributed by atoms with Gasteiger partial charge in [0.05, 0.1) is 19.1 Å². The summed E-state index contributed by atoms with van der Waals surface area (Å²) in [7, 11) is 1.57. The zero-order chi connectivity index (χ0) is 18.4. The fourth-order valence-electron chi connectivity index (χ4n) is 1.88. The Morgan fingerprint density at radius 1 is 1.29 bits per heavy atom. The van der Waals surface area contributed by atoms with E-state index in [-0.39, 0.29) is 12.2 Å². The Morgan fingerprint density at radius 3 is 2.50 bits per heavy atom. The average molecular weight is 325 g/mol. The Labute approximate surface area is 145 Å². The highest BCUT2D eigenvalue weighted by atomic mass is 16.5. The van der Waals surface area contributed by atoms with E-state index in [1.54, 1.807) is 19.4 Å². The Hall–Kier alpha value is -2.68. The molecule has 0 fully saturated rings. The molecule has 0 unspecified atom stereocenters. The first-order chi connectivity index (χ1) is 11.6. The molecule has 0 amide bonds. The van der Waals surface area contributed by atoms with Gasteiger partial charge in [0.2, 0.25) is 0 Å². The SMILES string of the molecule is C=C.C=CC/C=C\C(OC)=C(/C=C(C)C)C(=O)Cc1ccccn1. The number of ether oxygens (including phenoxy) is 1. The normalized spacial score (nSPS) is 11.0. The molecular formula is C21H27NO2. The van der Waals surface area contributed by atoms with Crippen molar-refractivity contribution in [2.24, 2.45) is 0 Å². The van der Waals surface area contributed by atoms with E-state index in [0.29, 0.717) is 11.3 Å². The standard InChI is InChI=1S/C19H23NO2.C2H4/c1-5-6-7-11-19(22-4)17(13-15(2)3)18(21)14-16-10-8-9-12-20-16;1-2/h5,7-13H,1,6,14H2,2-4H3;1-2H2/b11-7-,19-17-;. The number of carbonyl (C=O) groups excluding carboxylic acids is 1. The van der Waals surface area contributed by atoms with E-state index in [1.165, 1.54) is 0 Å². The highest BCUT2D eigenvalue weighted by Gasteiger charge is 2.14. The van der Waals surface area contributed by atoms with Gasteiger partial charge >= 0.3 is 0 Å². The van der Waals surface area contributed by atoms with Crippen molar-refractivity contribution in [1.82, 2.24) is 4.98 Å². The summed E-state index contributed by atoms with van der Waals surface area (Å²) in [5.41, 5.74) is 2.35. The molecule has 3 heteroatoms. The predicted molar refractivity (Wildman–Crippen MR) is 102 cm³/mol. The van der Waals surface area contributed by atoms with E-state index in [1.807, 2.05) is 50.3 Å². The Kier molecular flexibility index (Phi) is 11.4.